The average Bonchev–Trinajstić information content (AvgIpc) is 3.10. The summed E-state index contributed by atoms with van der Waals surface area (Å²) in [6.07, 6.45) is 1.60. The molecule has 1 unspecified atom stereocenters. The lowest BCUT2D eigenvalue weighted by Crippen LogP contribution is -2.30. The fourth-order valence-electron chi connectivity index (χ4n) is 2.93. The number of H-pyrrole nitrogens is 1. The molecule has 1 aromatic carbocycles. The van der Waals surface area contributed by atoms with E-state index in [-0.39, 0.29) is 23.5 Å². The van der Waals surface area contributed by atoms with Gasteiger partial charge < -0.3 is 4.90 Å². The van der Waals surface area contributed by atoms with E-state index in [1.165, 1.54) is 7.05 Å². The Morgan fingerprint density at radius 3 is 2.91 bits per heavy atom. The number of benzene rings is 1. The van der Waals surface area contributed by atoms with Gasteiger partial charge in [-0.15, -0.1) is 5.10 Å². The maximum atomic E-state index is 13.6. The zero-order valence-electron chi connectivity index (χ0n) is 13.2. The van der Waals surface area contributed by atoms with Crippen LogP contribution in [0.3, 0.4) is 0 Å². The highest BCUT2D eigenvalue weighted by Crippen LogP contribution is 2.22. The van der Waals surface area contributed by atoms with Crippen molar-refractivity contribution >= 4 is 5.91 Å². The molecule has 1 aliphatic rings. The third-order valence-electron chi connectivity index (χ3n) is 4.31. The quantitative estimate of drug-likeness (QED) is 0.926. The SMILES string of the molecule is Cc1ccc(CC2CCN(C(=O)c3nn(C)c(=O)[nH]3)C2)cc1F. The summed E-state index contributed by atoms with van der Waals surface area (Å²) in [5, 5.41) is 3.89. The van der Waals surface area contributed by atoms with E-state index in [1.807, 2.05) is 6.07 Å². The third-order valence-corrected chi connectivity index (χ3v) is 4.31. The lowest BCUT2D eigenvalue weighted by atomic mass is 9.98. The Labute approximate surface area is 132 Å². The fourth-order valence-corrected chi connectivity index (χ4v) is 2.93. The first-order valence-electron chi connectivity index (χ1n) is 7.61. The van der Waals surface area contributed by atoms with Crippen LogP contribution in [0.4, 0.5) is 4.39 Å². The molecule has 0 aliphatic carbocycles. The molecule has 0 saturated carbocycles. The molecule has 1 saturated heterocycles. The summed E-state index contributed by atoms with van der Waals surface area (Å²) >= 11 is 0. The number of rotatable bonds is 3. The molecule has 122 valence electrons. The Kier molecular flexibility index (Phi) is 4.02. The van der Waals surface area contributed by atoms with Gasteiger partial charge in [-0.05, 0) is 42.9 Å². The summed E-state index contributed by atoms with van der Waals surface area (Å²) in [6, 6.07) is 5.27. The zero-order chi connectivity index (χ0) is 16.6. The number of hydrogen-bond donors (Lipinski definition) is 1. The number of aromatic amines is 1. The van der Waals surface area contributed by atoms with Crippen molar-refractivity contribution in [2.75, 3.05) is 13.1 Å². The van der Waals surface area contributed by atoms with Crippen LogP contribution in [-0.4, -0.2) is 38.7 Å². The van der Waals surface area contributed by atoms with Gasteiger partial charge in [0.15, 0.2) is 0 Å². The second-order valence-corrected chi connectivity index (χ2v) is 6.10. The minimum absolute atomic E-state index is 0.0690. The van der Waals surface area contributed by atoms with Crippen LogP contribution in [0.15, 0.2) is 23.0 Å². The van der Waals surface area contributed by atoms with Crippen molar-refractivity contribution in [3.63, 3.8) is 0 Å². The van der Waals surface area contributed by atoms with Crippen LogP contribution >= 0.6 is 0 Å². The summed E-state index contributed by atoms with van der Waals surface area (Å²) in [6.45, 7) is 2.95. The van der Waals surface area contributed by atoms with Crippen molar-refractivity contribution in [2.45, 2.75) is 19.8 Å². The van der Waals surface area contributed by atoms with Crippen molar-refractivity contribution < 1.29 is 9.18 Å². The molecule has 1 N–H and O–H groups in total. The minimum atomic E-state index is -0.403. The smallest absolute Gasteiger partial charge is 0.336 e. The molecule has 0 bridgehead atoms. The second-order valence-electron chi connectivity index (χ2n) is 6.10. The third kappa shape index (κ3) is 3.18. The van der Waals surface area contributed by atoms with Gasteiger partial charge in [-0.1, -0.05) is 12.1 Å². The normalized spacial score (nSPS) is 17.7. The molecule has 0 spiro atoms. The van der Waals surface area contributed by atoms with Crippen molar-refractivity contribution in [3.05, 3.63) is 51.5 Å². The second kappa shape index (κ2) is 5.98. The Morgan fingerprint density at radius 2 is 2.26 bits per heavy atom. The summed E-state index contributed by atoms with van der Waals surface area (Å²) in [4.78, 5) is 27.8. The van der Waals surface area contributed by atoms with Gasteiger partial charge in [0.1, 0.15) is 5.82 Å². The van der Waals surface area contributed by atoms with Gasteiger partial charge in [0.2, 0.25) is 5.82 Å². The number of nitrogens with zero attached hydrogens (tertiary/aromatic N) is 3. The van der Waals surface area contributed by atoms with Crippen molar-refractivity contribution in [2.24, 2.45) is 13.0 Å². The number of aromatic nitrogens is 3. The topological polar surface area (TPSA) is 71.0 Å². The molecule has 1 amide bonds. The van der Waals surface area contributed by atoms with E-state index in [0.717, 1.165) is 23.1 Å². The van der Waals surface area contributed by atoms with Crippen molar-refractivity contribution in [1.29, 1.82) is 0 Å². The van der Waals surface area contributed by atoms with E-state index in [1.54, 1.807) is 24.0 Å². The number of nitrogens with one attached hydrogen (secondary N) is 1. The molecule has 0 radical (unpaired) electrons. The van der Waals surface area contributed by atoms with Gasteiger partial charge >= 0.3 is 5.69 Å². The monoisotopic (exact) mass is 318 g/mol. The number of halogens is 1. The first kappa shape index (κ1) is 15.5. The maximum Gasteiger partial charge on any atom is 0.343 e. The first-order valence-corrected chi connectivity index (χ1v) is 7.61. The van der Waals surface area contributed by atoms with Gasteiger partial charge in [0.25, 0.3) is 5.91 Å². The van der Waals surface area contributed by atoms with Gasteiger partial charge in [-0.2, -0.15) is 0 Å². The summed E-state index contributed by atoms with van der Waals surface area (Å²) < 4.78 is 14.7. The van der Waals surface area contributed by atoms with Crippen LogP contribution in [0.25, 0.3) is 0 Å². The average molecular weight is 318 g/mol. The number of amides is 1. The predicted molar refractivity (Wildman–Crippen MR) is 82.7 cm³/mol. The highest BCUT2D eigenvalue weighted by molar-refractivity contribution is 5.90. The molecule has 6 nitrogen and oxygen atoms in total. The molecule has 3 rings (SSSR count). The largest absolute Gasteiger partial charge is 0.343 e. The first-order chi connectivity index (χ1) is 10.9. The Balaban J connectivity index is 1.65. The van der Waals surface area contributed by atoms with E-state index in [9.17, 15) is 14.0 Å². The Morgan fingerprint density at radius 1 is 1.48 bits per heavy atom. The molecular weight excluding hydrogens is 299 g/mol. The highest BCUT2D eigenvalue weighted by atomic mass is 19.1. The zero-order valence-corrected chi connectivity index (χ0v) is 13.2. The number of likely N-dealkylation sites (tertiary alicyclic amines) is 1. The van der Waals surface area contributed by atoms with Crippen molar-refractivity contribution in [1.82, 2.24) is 19.7 Å². The number of carbonyl (C=O) groups excluding carboxylic acids is 1. The summed E-state index contributed by atoms with van der Waals surface area (Å²) in [5.74, 6) is -0.101. The lowest BCUT2D eigenvalue weighted by molar-refractivity contribution is 0.0774. The highest BCUT2D eigenvalue weighted by Gasteiger charge is 2.29. The Hall–Kier alpha value is -2.44. The van der Waals surface area contributed by atoms with E-state index in [0.29, 0.717) is 18.7 Å². The molecule has 23 heavy (non-hydrogen) atoms. The van der Waals surface area contributed by atoms with Gasteiger partial charge in [-0.25, -0.2) is 13.9 Å². The molecule has 1 aliphatic heterocycles. The molecular formula is C16H19FN4O2. The van der Waals surface area contributed by atoms with Crippen LogP contribution in [-0.2, 0) is 13.5 Å². The predicted octanol–water partition coefficient (Wildman–Crippen LogP) is 1.26. The summed E-state index contributed by atoms with van der Waals surface area (Å²) in [5.41, 5.74) is 1.17. The number of hydrogen-bond acceptors (Lipinski definition) is 3. The molecule has 1 aromatic heterocycles. The standard InChI is InChI=1S/C16H19FN4O2/c1-10-3-4-11(8-13(10)17)7-12-5-6-21(9-12)15(22)14-18-16(23)20(2)19-14/h3-4,8,12H,5-7,9H2,1-2H3,(H,18,19,23). The van der Waals surface area contributed by atoms with Crippen LogP contribution < -0.4 is 5.69 Å². The maximum absolute atomic E-state index is 13.6. The molecule has 7 heteroatoms. The number of carbonyl (C=O) groups is 1. The molecule has 1 fully saturated rings. The van der Waals surface area contributed by atoms with Gasteiger partial charge in [-0.3, -0.25) is 9.78 Å². The molecule has 2 heterocycles. The van der Waals surface area contributed by atoms with E-state index in [2.05, 4.69) is 10.1 Å². The van der Waals surface area contributed by atoms with Gasteiger partial charge in [0, 0.05) is 20.1 Å². The van der Waals surface area contributed by atoms with E-state index in [4.69, 9.17) is 0 Å². The lowest BCUT2D eigenvalue weighted by Gasteiger charge is -2.15. The van der Waals surface area contributed by atoms with Crippen LogP contribution in [0, 0.1) is 18.7 Å². The van der Waals surface area contributed by atoms with Gasteiger partial charge in [0.05, 0.1) is 0 Å². The van der Waals surface area contributed by atoms with Crippen LogP contribution in [0.2, 0.25) is 0 Å². The van der Waals surface area contributed by atoms with Crippen LogP contribution in [0.5, 0.6) is 0 Å². The summed E-state index contributed by atoms with van der Waals surface area (Å²) in [7, 11) is 1.49. The Bertz CT molecular complexity index is 796. The van der Waals surface area contributed by atoms with E-state index >= 15 is 0 Å². The number of aryl methyl sites for hydroxylation is 2. The molecule has 2 aromatic rings. The van der Waals surface area contributed by atoms with Crippen molar-refractivity contribution in [3.8, 4) is 0 Å². The molecule has 1 atom stereocenters. The van der Waals surface area contributed by atoms with E-state index < -0.39 is 5.69 Å². The fraction of sp³-hybridized carbons (Fsp3) is 0.438. The minimum Gasteiger partial charge on any atom is -0.336 e. The van der Waals surface area contributed by atoms with Crippen LogP contribution in [0.1, 0.15) is 28.2 Å².